The van der Waals surface area contributed by atoms with Crippen molar-refractivity contribution in [3.8, 4) is 5.75 Å². The van der Waals surface area contributed by atoms with E-state index in [1.165, 1.54) is 12.1 Å². The van der Waals surface area contributed by atoms with Crippen molar-refractivity contribution in [3.05, 3.63) is 65.2 Å². The Kier molecular flexibility index (Phi) is 7.33. The molecular formula is C22H25F3N2O3. The topological polar surface area (TPSA) is 50.8 Å². The van der Waals surface area contributed by atoms with Crippen LogP contribution >= 0.6 is 0 Å². The molecule has 2 aromatic carbocycles. The first-order valence-electron chi connectivity index (χ1n) is 9.75. The first kappa shape index (κ1) is 22.1. The molecule has 1 saturated heterocycles. The van der Waals surface area contributed by atoms with Crippen LogP contribution in [0.1, 0.15) is 22.7 Å². The van der Waals surface area contributed by atoms with Gasteiger partial charge in [-0.1, -0.05) is 24.3 Å². The zero-order valence-electron chi connectivity index (χ0n) is 16.7. The molecule has 1 aliphatic heterocycles. The van der Waals surface area contributed by atoms with E-state index in [2.05, 4.69) is 10.2 Å². The van der Waals surface area contributed by atoms with E-state index in [9.17, 15) is 18.0 Å². The zero-order valence-corrected chi connectivity index (χ0v) is 16.7. The van der Waals surface area contributed by atoms with Crippen molar-refractivity contribution in [2.45, 2.75) is 18.6 Å². The average molecular weight is 422 g/mol. The van der Waals surface area contributed by atoms with E-state index in [-0.39, 0.29) is 18.4 Å². The summed E-state index contributed by atoms with van der Waals surface area (Å²) in [6.07, 6.45) is -4.18. The van der Waals surface area contributed by atoms with E-state index in [0.29, 0.717) is 38.6 Å². The number of halogens is 3. The smallest absolute Gasteiger partial charge is 0.416 e. The number of benzene rings is 2. The third-order valence-electron chi connectivity index (χ3n) is 5.10. The first-order valence-corrected chi connectivity index (χ1v) is 9.75. The van der Waals surface area contributed by atoms with Crippen molar-refractivity contribution in [1.29, 1.82) is 0 Å². The number of ether oxygens (including phenoxy) is 2. The van der Waals surface area contributed by atoms with Gasteiger partial charge in [-0.3, -0.25) is 9.69 Å². The minimum absolute atomic E-state index is 0.159. The number of carbonyl (C=O) groups excluding carboxylic acids is 1. The predicted octanol–water partition coefficient (Wildman–Crippen LogP) is 3.45. The molecule has 1 atom stereocenters. The second-order valence-electron chi connectivity index (χ2n) is 7.12. The van der Waals surface area contributed by atoms with Crippen LogP contribution in [0.4, 0.5) is 13.2 Å². The number of amides is 1. The van der Waals surface area contributed by atoms with Gasteiger partial charge in [0.15, 0.2) is 0 Å². The molecular weight excluding hydrogens is 397 g/mol. The Labute approximate surface area is 173 Å². The summed E-state index contributed by atoms with van der Waals surface area (Å²) in [6.45, 7) is 2.70. The quantitative estimate of drug-likeness (QED) is 0.743. The van der Waals surface area contributed by atoms with Gasteiger partial charge in [0.2, 0.25) is 5.91 Å². The average Bonchev–Trinajstić information content (AvgIpc) is 2.74. The van der Waals surface area contributed by atoms with Crippen molar-refractivity contribution in [2.24, 2.45) is 0 Å². The molecule has 162 valence electrons. The van der Waals surface area contributed by atoms with Gasteiger partial charge < -0.3 is 14.8 Å². The minimum atomic E-state index is -4.38. The maximum Gasteiger partial charge on any atom is 0.416 e. The Morgan fingerprint density at radius 2 is 1.87 bits per heavy atom. The fourth-order valence-corrected chi connectivity index (χ4v) is 3.48. The highest BCUT2D eigenvalue weighted by atomic mass is 19.4. The fraction of sp³-hybridized carbons (Fsp3) is 0.409. The highest BCUT2D eigenvalue weighted by Gasteiger charge is 2.31. The van der Waals surface area contributed by atoms with Gasteiger partial charge in [-0.05, 0) is 35.4 Å². The standard InChI is InChI=1S/C22H25F3N2O3/c1-29-19-4-2-3-16(13-19)14-21(28)26-15-20(27-9-11-30-12-10-27)17-5-7-18(8-6-17)22(23,24)25/h2-8,13,20H,9-12,14-15H2,1H3,(H,26,28). The number of carbonyl (C=O) groups is 1. The Morgan fingerprint density at radius 3 is 2.50 bits per heavy atom. The lowest BCUT2D eigenvalue weighted by molar-refractivity contribution is -0.137. The zero-order chi connectivity index (χ0) is 21.6. The number of hydrogen-bond donors (Lipinski definition) is 1. The minimum Gasteiger partial charge on any atom is -0.497 e. The molecule has 8 heteroatoms. The highest BCUT2D eigenvalue weighted by Crippen LogP contribution is 2.31. The maximum atomic E-state index is 12.9. The van der Waals surface area contributed by atoms with Crippen LogP contribution in [0.25, 0.3) is 0 Å². The summed E-state index contributed by atoms with van der Waals surface area (Å²) < 4.78 is 49.3. The molecule has 1 N–H and O–H groups in total. The van der Waals surface area contributed by atoms with Crippen LogP contribution in [0.15, 0.2) is 48.5 Å². The molecule has 1 fully saturated rings. The molecule has 1 unspecified atom stereocenters. The monoisotopic (exact) mass is 422 g/mol. The molecule has 1 aliphatic rings. The Bertz CT molecular complexity index is 834. The third-order valence-corrected chi connectivity index (χ3v) is 5.10. The summed E-state index contributed by atoms with van der Waals surface area (Å²) in [5.41, 5.74) is 0.866. The fourth-order valence-electron chi connectivity index (χ4n) is 3.48. The molecule has 0 aliphatic carbocycles. The molecule has 1 amide bonds. The maximum absolute atomic E-state index is 12.9. The number of methoxy groups -OCH3 is 1. The molecule has 5 nitrogen and oxygen atoms in total. The van der Waals surface area contributed by atoms with Crippen molar-refractivity contribution < 1.29 is 27.4 Å². The summed E-state index contributed by atoms with van der Waals surface area (Å²) in [6, 6.07) is 12.2. The molecule has 0 aromatic heterocycles. The van der Waals surface area contributed by atoms with Crippen LogP contribution in [0.2, 0.25) is 0 Å². The molecule has 1 heterocycles. The molecule has 0 radical (unpaired) electrons. The van der Waals surface area contributed by atoms with E-state index in [0.717, 1.165) is 23.3 Å². The van der Waals surface area contributed by atoms with E-state index in [1.54, 1.807) is 19.2 Å². The van der Waals surface area contributed by atoms with E-state index >= 15 is 0 Å². The van der Waals surface area contributed by atoms with Gasteiger partial charge in [0.25, 0.3) is 0 Å². The number of morpholine rings is 1. The van der Waals surface area contributed by atoms with Crippen LogP contribution in [0.5, 0.6) is 5.75 Å². The molecule has 2 aromatic rings. The Morgan fingerprint density at radius 1 is 1.17 bits per heavy atom. The van der Waals surface area contributed by atoms with E-state index < -0.39 is 11.7 Å². The van der Waals surface area contributed by atoms with Crippen molar-refractivity contribution >= 4 is 5.91 Å². The predicted molar refractivity (Wildman–Crippen MR) is 106 cm³/mol. The van der Waals surface area contributed by atoms with Gasteiger partial charge in [0, 0.05) is 19.6 Å². The Hall–Kier alpha value is -2.58. The van der Waals surface area contributed by atoms with Gasteiger partial charge in [-0.25, -0.2) is 0 Å². The lowest BCUT2D eigenvalue weighted by Gasteiger charge is -2.35. The molecule has 30 heavy (non-hydrogen) atoms. The van der Waals surface area contributed by atoms with Crippen molar-refractivity contribution in [1.82, 2.24) is 10.2 Å². The number of hydrogen-bond acceptors (Lipinski definition) is 4. The lowest BCUT2D eigenvalue weighted by Crippen LogP contribution is -2.44. The number of rotatable bonds is 7. The van der Waals surface area contributed by atoms with Crippen LogP contribution in [-0.2, 0) is 22.1 Å². The second kappa shape index (κ2) is 9.95. The van der Waals surface area contributed by atoms with E-state index in [1.807, 2.05) is 12.1 Å². The first-order chi connectivity index (χ1) is 14.4. The van der Waals surface area contributed by atoms with E-state index in [4.69, 9.17) is 9.47 Å². The molecule has 3 rings (SSSR count). The van der Waals surface area contributed by atoms with Gasteiger partial charge >= 0.3 is 6.18 Å². The highest BCUT2D eigenvalue weighted by molar-refractivity contribution is 5.78. The van der Waals surface area contributed by atoms with Gasteiger partial charge in [0.1, 0.15) is 5.75 Å². The van der Waals surface area contributed by atoms with Gasteiger partial charge in [-0.2, -0.15) is 13.2 Å². The van der Waals surface area contributed by atoms with Crippen LogP contribution < -0.4 is 10.1 Å². The molecule has 0 spiro atoms. The lowest BCUT2D eigenvalue weighted by atomic mass is 10.0. The molecule has 0 bridgehead atoms. The summed E-state index contributed by atoms with van der Waals surface area (Å²) >= 11 is 0. The summed E-state index contributed by atoms with van der Waals surface area (Å²) in [4.78, 5) is 14.6. The number of nitrogens with one attached hydrogen (secondary N) is 1. The van der Waals surface area contributed by atoms with Crippen LogP contribution in [0.3, 0.4) is 0 Å². The van der Waals surface area contributed by atoms with Gasteiger partial charge in [-0.15, -0.1) is 0 Å². The third kappa shape index (κ3) is 5.96. The van der Waals surface area contributed by atoms with Gasteiger partial charge in [0.05, 0.1) is 38.3 Å². The summed E-state index contributed by atoms with van der Waals surface area (Å²) in [5, 5.41) is 2.92. The molecule has 0 saturated carbocycles. The van der Waals surface area contributed by atoms with Crippen molar-refractivity contribution in [3.63, 3.8) is 0 Å². The second-order valence-corrected chi connectivity index (χ2v) is 7.12. The number of nitrogens with zero attached hydrogens (tertiary/aromatic N) is 1. The van der Waals surface area contributed by atoms with Crippen molar-refractivity contribution in [2.75, 3.05) is 40.0 Å². The Balaban J connectivity index is 1.68. The SMILES string of the molecule is COc1cccc(CC(=O)NCC(c2ccc(C(F)(F)F)cc2)N2CCOCC2)c1. The summed E-state index contributed by atoms with van der Waals surface area (Å²) in [5.74, 6) is 0.518. The van der Waals surface area contributed by atoms with Crippen LogP contribution in [0, 0.1) is 0 Å². The number of alkyl halides is 3. The largest absolute Gasteiger partial charge is 0.497 e. The normalized spacial score (nSPS) is 16.1. The van der Waals surface area contributed by atoms with Crippen LogP contribution in [-0.4, -0.2) is 50.8 Å². The summed E-state index contributed by atoms with van der Waals surface area (Å²) in [7, 11) is 1.57.